The smallest absolute Gasteiger partial charge is 0.322 e. The van der Waals surface area contributed by atoms with E-state index in [2.05, 4.69) is 15.3 Å². The number of halogens is 1. The predicted molar refractivity (Wildman–Crippen MR) is 111 cm³/mol. The Kier molecular flexibility index (Phi) is 4.78. The molecule has 9 heteroatoms. The van der Waals surface area contributed by atoms with Crippen LogP contribution >= 0.6 is 0 Å². The molecule has 0 fully saturated rings. The van der Waals surface area contributed by atoms with Crippen LogP contribution in [0.4, 0.5) is 10.1 Å². The van der Waals surface area contributed by atoms with Crippen LogP contribution < -0.4 is 16.6 Å². The molecular formula is C21H18FN5O3. The fraction of sp³-hybridized carbons (Fsp3) is 0.143. The lowest BCUT2D eigenvalue weighted by Gasteiger charge is -2.10. The van der Waals surface area contributed by atoms with Crippen LogP contribution in [0.2, 0.25) is 0 Å². The highest BCUT2D eigenvalue weighted by Gasteiger charge is 2.13. The van der Waals surface area contributed by atoms with Gasteiger partial charge in [0.15, 0.2) is 0 Å². The molecule has 0 aliphatic rings. The monoisotopic (exact) mass is 407 g/mol. The van der Waals surface area contributed by atoms with Gasteiger partial charge in [0, 0.05) is 30.2 Å². The van der Waals surface area contributed by atoms with E-state index in [9.17, 15) is 18.8 Å². The third-order valence-corrected chi connectivity index (χ3v) is 4.85. The first kappa shape index (κ1) is 19.3. The molecule has 0 unspecified atom stereocenters. The number of aromatic amines is 1. The average molecular weight is 407 g/mol. The van der Waals surface area contributed by atoms with Gasteiger partial charge in [0.25, 0.3) is 11.5 Å². The van der Waals surface area contributed by atoms with Gasteiger partial charge in [-0.05, 0) is 50.2 Å². The summed E-state index contributed by atoms with van der Waals surface area (Å²) in [5, 5.41) is 2.93. The Bertz CT molecular complexity index is 1400. The number of aryl methyl sites for hydroxylation is 1. The lowest BCUT2D eigenvalue weighted by Crippen LogP contribution is -2.34. The Morgan fingerprint density at radius 2 is 2.00 bits per heavy atom. The van der Waals surface area contributed by atoms with Crippen LogP contribution in [-0.2, 0) is 6.54 Å². The summed E-state index contributed by atoms with van der Waals surface area (Å²) < 4.78 is 17.2. The molecule has 30 heavy (non-hydrogen) atoms. The van der Waals surface area contributed by atoms with Crippen molar-refractivity contribution >= 4 is 22.5 Å². The number of hydrogen-bond donors (Lipinski definition) is 2. The molecule has 1 amide bonds. The van der Waals surface area contributed by atoms with E-state index in [4.69, 9.17) is 0 Å². The molecule has 2 aromatic heterocycles. The highest BCUT2D eigenvalue weighted by Crippen LogP contribution is 2.20. The molecule has 4 aromatic rings. The number of aromatic nitrogens is 4. The number of nitrogens with zero attached hydrogens (tertiary/aromatic N) is 3. The van der Waals surface area contributed by atoms with Gasteiger partial charge in [0.2, 0.25) is 0 Å². The van der Waals surface area contributed by atoms with Crippen molar-refractivity contribution in [1.82, 2.24) is 19.1 Å². The lowest BCUT2D eigenvalue weighted by atomic mass is 10.1. The van der Waals surface area contributed by atoms with Gasteiger partial charge >= 0.3 is 5.69 Å². The van der Waals surface area contributed by atoms with Crippen LogP contribution in [0.1, 0.15) is 23.1 Å². The number of hydrogen-bond acceptors (Lipinski definition) is 4. The number of anilines is 1. The molecule has 0 radical (unpaired) electrons. The number of rotatable bonds is 4. The molecule has 0 aliphatic carbocycles. The Balaban J connectivity index is 1.63. The summed E-state index contributed by atoms with van der Waals surface area (Å²) in [6.07, 6.45) is 3.22. The zero-order valence-electron chi connectivity index (χ0n) is 16.3. The van der Waals surface area contributed by atoms with Crippen molar-refractivity contribution in [2.45, 2.75) is 20.4 Å². The molecule has 2 heterocycles. The lowest BCUT2D eigenvalue weighted by molar-refractivity contribution is 0.102. The molecule has 152 valence electrons. The fourth-order valence-corrected chi connectivity index (χ4v) is 3.30. The van der Waals surface area contributed by atoms with Gasteiger partial charge in [-0.3, -0.25) is 14.2 Å². The Morgan fingerprint density at radius 1 is 1.20 bits per heavy atom. The van der Waals surface area contributed by atoms with E-state index in [1.165, 1.54) is 24.3 Å². The SMILES string of the molecule is CCn1c(=O)[nH]c2cc(C(=O)Nc3ccc(-n4ccnc4C)c(F)c3)ccc2c1=O. The molecule has 0 saturated carbocycles. The standard InChI is InChI=1S/C21H18FN5O3/c1-3-26-20(29)15-6-4-13(10-17(15)25-21(26)30)19(28)24-14-5-7-18(16(22)11-14)27-9-8-23-12(27)2/h4-11H,3H2,1-2H3,(H,24,28)(H,25,30). The van der Waals surface area contributed by atoms with E-state index in [0.717, 1.165) is 4.57 Å². The van der Waals surface area contributed by atoms with Crippen LogP contribution in [0, 0.1) is 12.7 Å². The number of imidazole rings is 1. The van der Waals surface area contributed by atoms with Gasteiger partial charge in [0.05, 0.1) is 16.6 Å². The van der Waals surface area contributed by atoms with Crippen molar-refractivity contribution < 1.29 is 9.18 Å². The number of fused-ring (bicyclic) bond motifs is 1. The van der Waals surface area contributed by atoms with Gasteiger partial charge in [-0.25, -0.2) is 14.2 Å². The topological polar surface area (TPSA) is 102 Å². The van der Waals surface area contributed by atoms with Crippen LogP contribution in [0.25, 0.3) is 16.6 Å². The Hall–Kier alpha value is -4.01. The molecule has 2 N–H and O–H groups in total. The third-order valence-electron chi connectivity index (χ3n) is 4.85. The minimum Gasteiger partial charge on any atom is -0.322 e. The van der Waals surface area contributed by atoms with Gasteiger partial charge in [-0.2, -0.15) is 0 Å². The second-order valence-corrected chi connectivity index (χ2v) is 6.70. The zero-order chi connectivity index (χ0) is 21.4. The molecule has 0 atom stereocenters. The minimum atomic E-state index is -0.542. The first-order valence-corrected chi connectivity index (χ1v) is 9.27. The fourth-order valence-electron chi connectivity index (χ4n) is 3.30. The van der Waals surface area contributed by atoms with Crippen molar-refractivity contribution in [3.63, 3.8) is 0 Å². The number of benzene rings is 2. The highest BCUT2D eigenvalue weighted by atomic mass is 19.1. The van der Waals surface area contributed by atoms with E-state index >= 15 is 0 Å². The van der Waals surface area contributed by atoms with Gasteiger partial charge in [-0.15, -0.1) is 0 Å². The van der Waals surface area contributed by atoms with Gasteiger partial charge in [0.1, 0.15) is 11.6 Å². The highest BCUT2D eigenvalue weighted by molar-refractivity contribution is 6.06. The molecule has 0 aliphatic heterocycles. The largest absolute Gasteiger partial charge is 0.328 e. The van der Waals surface area contributed by atoms with E-state index in [1.54, 1.807) is 42.9 Å². The second-order valence-electron chi connectivity index (χ2n) is 6.70. The first-order chi connectivity index (χ1) is 14.4. The van der Waals surface area contributed by atoms with Crippen molar-refractivity contribution in [1.29, 1.82) is 0 Å². The number of carbonyl (C=O) groups excluding carboxylic acids is 1. The molecule has 0 spiro atoms. The molecule has 8 nitrogen and oxygen atoms in total. The molecule has 0 saturated heterocycles. The Labute approximate surface area is 169 Å². The number of nitrogens with one attached hydrogen (secondary N) is 2. The normalized spacial score (nSPS) is 11.0. The summed E-state index contributed by atoms with van der Waals surface area (Å²) in [5.41, 5.74) is 0.115. The number of carbonyl (C=O) groups is 1. The van der Waals surface area contributed by atoms with Crippen molar-refractivity contribution in [2.24, 2.45) is 0 Å². The van der Waals surface area contributed by atoms with Crippen molar-refractivity contribution in [2.75, 3.05) is 5.32 Å². The van der Waals surface area contributed by atoms with E-state index < -0.39 is 23.0 Å². The molecule has 2 aromatic carbocycles. The predicted octanol–water partition coefficient (Wildman–Crippen LogP) is 2.60. The maximum Gasteiger partial charge on any atom is 0.328 e. The summed E-state index contributed by atoms with van der Waals surface area (Å²) in [6, 6.07) is 8.74. The van der Waals surface area contributed by atoms with Gasteiger partial charge < -0.3 is 14.9 Å². The van der Waals surface area contributed by atoms with Crippen LogP contribution in [0.5, 0.6) is 0 Å². The minimum absolute atomic E-state index is 0.224. The number of H-pyrrole nitrogens is 1. The molecular weight excluding hydrogens is 389 g/mol. The summed E-state index contributed by atoms with van der Waals surface area (Å²) in [6.45, 7) is 3.70. The average Bonchev–Trinajstić information content (AvgIpc) is 3.13. The summed E-state index contributed by atoms with van der Waals surface area (Å²) in [4.78, 5) is 43.6. The van der Waals surface area contributed by atoms with Crippen LogP contribution in [0.15, 0.2) is 58.4 Å². The maximum absolute atomic E-state index is 14.5. The second kappa shape index (κ2) is 7.43. The van der Waals surface area contributed by atoms with E-state index in [1.807, 2.05) is 0 Å². The first-order valence-electron chi connectivity index (χ1n) is 9.27. The quantitative estimate of drug-likeness (QED) is 0.543. The summed E-state index contributed by atoms with van der Waals surface area (Å²) in [5.74, 6) is -0.377. The summed E-state index contributed by atoms with van der Waals surface area (Å²) >= 11 is 0. The van der Waals surface area contributed by atoms with E-state index in [-0.39, 0.29) is 23.3 Å². The third kappa shape index (κ3) is 3.30. The molecule has 0 bridgehead atoms. The van der Waals surface area contributed by atoms with Crippen molar-refractivity contribution in [3.05, 3.63) is 86.8 Å². The Morgan fingerprint density at radius 3 is 2.67 bits per heavy atom. The van der Waals surface area contributed by atoms with Gasteiger partial charge in [-0.1, -0.05) is 0 Å². The van der Waals surface area contributed by atoms with Crippen LogP contribution in [-0.4, -0.2) is 25.0 Å². The van der Waals surface area contributed by atoms with E-state index in [0.29, 0.717) is 16.9 Å². The maximum atomic E-state index is 14.5. The zero-order valence-corrected chi connectivity index (χ0v) is 16.3. The molecule has 4 rings (SSSR count). The van der Waals surface area contributed by atoms with Crippen LogP contribution in [0.3, 0.4) is 0 Å². The number of amides is 1. The summed E-state index contributed by atoms with van der Waals surface area (Å²) in [7, 11) is 0. The van der Waals surface area contributed by atoms with Crippen molar-refractivity contribution in [3.8, 4) is 5.69 Å².